The molecule has 10 nitrogen and oxygen atoms in total. The number of nitriles is 1. The number of nitrogens with one attached hydrogen (secondary N) is 2. The van der Waals surface area contributed by atoms with Gasteiger partial charge in [0.05, 0.1) is 29.5 Å². The first-order valence-electron chi connectivity index (χ1n) is 12.5. The summed E-state index contributed by atoms with van der Waals surface area (Å²) in [6.07, 6.45) is 6.15. The van der Waals surface area contributed by atoms with Crippen molar-refractivity contribution in [3.63, 3.8) is 0 Å². The third kappa shape index (κ3) is 3.79. The molecule has 3 aliphatic heterocycles. The molecule has 4 fully saturated rings. The van der Waals surface area contributed by atoms with E-state index in [1.807, 2.05) is 18.3 Å². The topological polar surface area (TPSA) is 125 Å². The second kappa shape index (κ2) is 8.18. The molecule has 2 bridgehead atoms. The lowest BCUT2D eigenvalue weighted by Gasteiger charge is -2.59. The van der Waals surface area contributed by atoms with Crippen molar-refractivity contribution >= 4 is 38.5 Å². The number of rotatable bonds is 7. The van der Waals surface area contributed by atoms with Gasteiger partial charge in [0.1, 0.15) is 11.5 Å². The molecule has 186 valence electrons. The molecule has 1 aliphatic carbocycles. The fourth-order valence-electron chi connectivity index (χ4n) is 6.30. The predicted molar refractivity (Wildman–Crippen MR) is 132 cm³/mol. The van der Waals surface area contributed by atoms with Crippen LogP contribution in [0, 0.1) is 17.2 Å². The monoisotopic (exact) mass is 497 g/mol. The fourth-order valence-corrected chi connectivity index (χ4v) is 7.54. The Bertz CT molecular complexity index is 1290. The van der Waals surface area contributed by atoms with Crippen molar-refractivity contribution in [1.82, 2.24) is 19.2 Å². The van der Waals surface area contributed by atoms with E-state index in [-0.39, 0.29) is 29.7 Å². The highest BCUT2D eigenvalue weighted by Gasteiger charge is 2.58. The maximum Gasteiger partial charge on any atom is 0.228 e. The number of hydrogen-bond donors (Lipinski definition) is 2. The van der Waals surface area contributed by atoms with Gasteiger partial charge < -0.3 is 15.2 Å². The number of aromatic nitrogens is 2. The van der Waals surface area contributed by atoms with E-state index in [1.165, 1.54) is 4.31 Å². The minimum atomic E-state index is -3.25. The number of H-pyrrole nitrogens is 1. The number of aromatic amines is 1. The van der Waals surface area contributed by atoms with Crippen molar-refractivity contribution in [1.29, 1.82) is 5.26 Å². The van der Waals surface area contributed by atoms with Crippen LogP contribution < -0.4 is 10.2 Å². The van der Waals surface area contributed by atoms with Gasteiger partial charge in [-0.05, 0) is 38.7 Å². The highest BCUT2D eigenvalue weighted by molar-refractivity contribution is 7.89. The van der Waals surface area contributed by atoms with Gasteiger partial charge in [0.2, 0.25) is 15.9 Å². The van der Waals surface area contributed by atoms with E-state index in [0.717, 1.165) is 55.5 Å². The van der Waals surface area contributed by atoms with E-state index in [0.29, 0.717) is 25.3 Å². The summed E-state index contributed by atoms with van der Waals surface area (Å²) in [5, 5.41) is 13.6. The normalized spacial score (nSPS) is 26.5. The Hall–Kier alpha value is -2.68. The summed E-state index contributed by atoms with van der Waals surface area (Å²) < 4.78 is 26.3. The van der Waals surface area contributed by atoms with Crippen LogP contribution in [0.25, 0.3) is 11.0 Å². The average molecular weight is 498 g/mol. The molecule has 2 N–H and O–H groups in total. The Morgan fingerprint density at radius 3 is 2.60 bits per heavy atom. The molecule has 1 saturated carbocycles. The number of amides is 1. The lowest BCUT2D eigenvalue weighted by molar-refractivity contribution is -0.117. The number of fused-ring (bicyclic) bond motifs is 3. The first-order chi connectivity index (χ1) is 16.8. The third-order valence-corrected chi connectivity index (χ3v) is 9.96. The van der Waals surface area contributed by atoms with E-state index in [1.54, 1.807) is 6.92 Å². The summed E-state index contributed by atoms with van der Waals surface area (Å²) in [6.45, 7) is 4.06. The van der Waals surface area contributed by atoms with Crippen molar-refractivity contribution in [3.05, 3.63) is 18.3 Å². The molecule has 0 aromatic carbocycles. The highest BCUT2D eigenvalue weighted by atomic mass is 32.2. The number of sulfonamides is 1. The van der Waals surface area contributed by atoms with Crippen molar-refractivity contribution in [3.8, 4) is 6.07 Å². The van der Waals surface area contributed by atoms with Crippen LogP contribution in [-0.4, -0.2) is 83.1 Å². The first kappa shape index (κ1) is 22.8. The standard InChI is InChI=1S/C24H31N7O3S/c1-2-35(33,34)30-14-24(15-30,8-9-25)31-17-5-6-18(31)13-29(12-17)20-11-21(28-23(32)16-3-4-16)27-22-19(20)7-10-26-22/h7,10-11,16-18H,2-6,8,12-15H2,1H3,(H2,26,27,28,32). The number of hydrogen-bond acceptors (Lipinski definition) is 7. The fraction of sp³-hybridized carbons (Fsp3) is 0.625. The maximum absolute atomic E-state index is 12.4. The van der Waals surface area contributed by atoms with E-state index in [9.17, 15) is 18.5 Å². The van der Waals surface area contributed by atoms with Gasteiger partial charge in [-0.3, -0.25) is 9.69 Å². The number of carbonyl (C=O) groups is 1. The summed E-state index contributed by atoms with van der Waals surface area (Å²) in [5.41, 5.74) is 1.40. The molecular formula is C24H31N7O3S. The average Bonchev–Trinajstić information content (AvgIpc) is 3.51. The number of nitrogens with zero attached hydrogens (tertiary/aromatic N) is 5. The van der Waals surface area contributed by atoms with Gasteiger partial charge in [0.25, 0.3) is 0 Å². The van der Waals surface area contributed by atoms with Gasteiger partial charge >= 0.3 is 0 Å². The van der Waals surface area contributed by atoms with Gasteiger partial charge in [0, 0.05) is 61.8 Å². The Labute approximate surface area is 205 Å². The van der Waals surface area contributed by atoms with Crippen LogP contribution in [0.3, 0.4) is 0 Å². The van der Waals surface area contributed by atoms with Gasteiger partial charge in [-0.2, -0.15) is 9.57 Å². The highest BCUT2D eigenvalue weighted by Crippen LogP contribution is 2.45. The molecule has 35 heavy (non-hydrogen) atoms. The second-order valence-electron chi connectivity index (χ2n) is 10.5. The van der Waals surface area contributed by atoms with Crippen molar-refractivity contribution < 1.29 is 13.2 Å². The van der Waals surface area contributed by atoms with Crippen LogP contribution in [0.5, 0.6) is 0 Å². The summed E-state index contributed by atoms with van der Waals surface area (Å²) in [4.78, 5) is 25.0. The van der Waals surface area contributed by atoms with Crippen LogP contribution in [0.2, 0.25) is 0 Å². The van der Waals surface area contributed by atoms with E-state index < -0.39 is 15.6 Å². The summed E-state index contributed by atoms with van der Waals surface area (Å²) in [5.74, 6) is 0.801. The minimum absolute atomic E-state index is 0.0364. The molecular weight excluding hydrogens is 466 g/mol. The zero-order valence-corrected chi connectivity index (χ0v) is 20.7. The lowest BCUT2D eigenvalue weighted by Crippen LogP contribution is -2.75. The molecule has 2 aromatic rings. The number of piperazine rings is 1. The maximum atomic E-state index is 12.4. The van der Waals surface area contributed by atoms with Crippen LogP contribution >= 0.6 is 0 Å². The van der Waals surface area contributed by atoms with Crippen LogP contribution in [0.4, 0.5) is 11.5 Å². The zero-order valence-electron chi connectivity index (χ0n) is 19.9. The van der Waals surface area contributed by atoms with Gasteiger partial charge in [0.15, 0.2) is 0 Å². The molecule has 3 saturated heterocycles. The van der Waals surface area contributed by atoms with E-state index in [2.05, 4.69) is 31.2 Å². The van der Waals surface area contributed by atoms with Gasteiger partial charge in [-0.25, -0.2) is 13.4 Å². The van der Waals surface area contributed by atoms with E-state index >= 15 is 0 Å². The molecule has 6 rings (SSSR count). The Kier molecular flexibility index (Phi) is 5.32. The van der Waals surface area contributed by atoms with Crippen LogP contribution in [-0.2, 0) is 14.8 Å². The predicted octanol–water partition coefficient (Wildman–Crippen LogP) is 1.88. The van der Waals surface area contributed by atoms with Gasteiger partial charge in [-0.15, -0.1) is 0 Å². The molecule has 11 heteroatoms. The smallest absolute Gasteiger partial charge is 0.228 e. The van der Waals surface area contributed by atoms with Gasteiger partial charge in [-0.1, -0.05) is 0 Å². The lowest BCUT2D eigenvalue weighted by atomic mass is 9.84. The first-order valence-corrected chi connectivity index (χ1v) is 14.1. The Balaban J connectivity index is 1.26. The molecule has 2 aromatic heterocycles. The summed E-state index contributed by atoms with van der Waals surface area (Å²) in [6, 6.07) is 6.85. The number of anilines is 2. The molecule has 2 atom stereocenters. The molecule has 0 radical (unpaired) electrons. The molecule has 0 spiro atoms. The quantitative estimate of drug-likeness (QED) is 0.598. The summed E-state index contributed by atoms with van der Waals surface area (Å²) >= 11 is 0. The number of carbonyl (C=O) groups excluding carboxylic acids is 1. The van der Waals surface area contributed by atoms with Crippen molar-refractivity contribution in [2.24, 2.45) is 5.92 Å². The van der Waals surface area contributed by atoms with Crippen LogP contribution in [0.1, 0.15) is 39.0 Å². The minimum Gasteiger partial charge on any atom is -0.368 e. The third-order valence-electron chi connectivity index (χ3n) is 8.18. The van der Waals surface area contributed by atoms with Crippen LogP contribution in [0.15, 0.2) is 18.3 Å². The molecule has 4 aliphatic rings. The largest absolute Gasteiger partial charge is 0.368 e. The van der Waals surface area contributed by atoms with E-state index in [4.69, 9.17) is 0 Å². The summed E-state index contributed by atoms with van der Waals surface area (Å²) in [7, 11) is -3.25. The number of pyridine rings is 1. The molecule has 1 amide bonds. The molecule has 5 heterocycles. The Morgan fingerprint density at radius 2 is 1.97 bits per heavy atom. The van der Waals surface area contributed by atoms with Crippen molar-refractivity contribution in [2.75, 3.05) is 42.1 Å². The second-order valence-corrected chi connectivity index (χ2v) is 12.7. The SMILES string of the molecule is CCS(=O)(=O)N1CC(CC#N)(N2C3CCC2CN(c2cc(NC(=O)C4CC4)nc4[nH]ccc24)C3)C1. The Morgan fingerprint density at radius 1 is 1.26 bits per heavy atom. The zero-order chi connectivity index (χ0) is 24.4. The molecule has 2 unspecified atom stereocenters. The van der Waals surface area contributed by atoms with Crippen molar-refractivity contribution in [2.45, 2.75) is 56.7 Å².